The molecule has 0 bridgehead atoms. The Kier molecular flexibility index (Phi) is 10.1. The molecule has 5 rings (SSSR count). The molecule has 2 heterocycles. The molecule has 1 saturated heterocycles. The maximum absolute atomic E-state index is 13.9. The summed E-state index contributed by atoms with van der Waals surface area (Å²) in [7, 11) is 2.06. The van der Waals surface area contributed by atoms with Crippen molar-refractivity contribution in [2.24, 2.45) is 0 Å². The summed E-state index contributed by atoms with van der Waals surface area (Å²) < 4.78 is 5.88. The first kappa shape index (κ1) is 30.3. The third-order valence-corrected chi connectivity index (χ3v) is 8.30. The fraction of sp³-hybridized carbons (Fsp3) is 0.382. The Morgan fingerprint density at radius 1 is 0.884 bits per heavy atom. The summed E-state index contributed by atoms with van der Waals surface area (Å²) in [6.07, 6.45) is 3.80. The van der Waals surface area contributed by atoms with E-state index < -0.39 is 6.04 Å². The highest BCUT2D eigenvalue weighted by molar-refractivity contribution is 6.02. The zero-order chi connectivity index (χ0) is 30.2. The summed E-state index contributed by atoms with van der Waals surface area (Å²) in [5, 5.41) is 8.53. The molecule has 9 nitrogen and oxygen atoms in total. The van der Waals surface area contributed by atoms with E-state index in [1.54, 1.807) is 10.4 Å². The zero-order valence-electron chi connectivity index (χ0n) is 24.7. The number of nitrogens with zero attached hydrogens (tertiary/aromatic N) is 3. The van der Waals surface area contributed by atoms with E-state index in [2.05, 4.69) is 11.9 Å². The molecule has 0 aromatic heterocycles. The van der Waals surface area contributed by atoms with Gasteiger partial charge < -0.3 is 19.4 Å². The van der Waals surface area contributed by atoms with Gasteiger partial charge in [0.15, 0.2) is 0 Å². The van der Waals surface area contributed by atoms with Crippen molar-refractivity contribution in [1.29, 1.82) is 0 Å². The minimum Gasteiger partial charge on any atom is -0.494 e. The number of nitrogens with one attached hydrogen (secondary N) is 1. The van der Waals surface area contributed by atoms with Crippen LogP contribution in [0.15, 0.2) is 72.8 Å². The number of benzene rings is 3. The van der Waals surface area contributed by atoms with E-state index in [1.165, 1.54) is 0 Å². The van der Waals surface area contributed by atoms with Crippen LogP contribution in [-0.4, -0.2) is 77.5 Å². The van der Waals surface area contributed by atoms with Gasteiger partial charge in [0.2, 0.25) is 11.8 Å². The van der Waals surface area contributed by atoms with Gasteiger partial charge >= 0.3 is 0 Å². The van der Waals surface area contributed by atoms with Crippen molar-refractivity contribution < 1.29 is 24.3 Å². The van der Waals surface area contributed by atoms with Crippen LogP contribution in [0.3, 0.4) is 0 Å². The van der Waals surface area contributed by atoms with Gasteiger partial charge in [-0.1, -0.05) is 67.4 Å². The molecule has 0 spiro atoms. The normalized spacial score (nSPS) is 15.7. The number of unbranched alkanes of at least 4 members (excludes halogenated alkanes) is 3. The Morgan fingerprint density at radius 3 is 2.30 bits per heavy atom. The number of carbonyl (C=O) groups excluding carboxylic acids is 3. The van der Waals surface area contributed by atoms with Crippen LogP contribution in [0.25, 0.3) is 11.1 Å². The van der Waals surface area contributed by atoms with Gasteiger partial charge in [-0.2, -0.15) is 0 Å². The Balaban J connectivity index is 1.23. The summed E-state index contributed by atoms with van der Waals surface area (Å²) in [6.45, 7) is 3.94. The molecule has 1 atom stereocenters. The van der Waals surface area contributed by atoms with Gasteiger partial charge in [0.05, 0.1) is 6.61 Å². The molecule has 1 fully saturated rings. The van der Waals surface area contributed by atoms with E-state index >= 15 is 0 Å². The van der Waals surface area contributed by atoms with Gasteiger partial charge in [0.1, 0.15) is 11.8 Å². The molecule has 0 saturated carbocycles. The van der Waals surface area contributed by atoms with E-state index in [1.807, 2.05) is 77.7 Å². The molecule has 9 heteroatoms. The predicted octanol–water partition coefficient (Wildman–Crippen LogP) is 4.66. The minimum absolute atomic E-state index is 0.0228. The number of rotatable bonds is 12. The van der Waals surface area contributed by atoms with Crippen LogP contribution in [0.5, 0.6) is 5.75 Å². The van der Waals surface area contributed by atoms with Crippen LogP contribution in [-0.2, 0) is 16.1 Å². The molecule has 2 N–H and O–H groups in total. The van der Waals surface area contributed by atoms with Crippen LogP contribution >= 0.6 is 0 Å². The second-order valence-corrected chi connectivity index (χ2v) is 11.3. The van der Waals surface area contributed by atoms with Crippen molar-refractivity contribution in [3.63, 3.8) is 0 Å². The zero-order valence-corrected chi connectivity index (χ0v) is 24.7. The SMILES string of the molecule is CN1CCN(C(=O)C(c2ccccc2)N2Cc3ccc(-c4ccc(OCCCCCCC(=O)NO)cc4)cc3C2=O)CC1. The highest BCUT2D eigenvalue weighted by atomic mass is 16.5. The molecule has 3 amide bonds. The number of amides is 3. The number of hydrogen-bond donors (Lipinski definition) is 2. The number of ether oxygens (including phenoxy) is 1. The summed E-state index contributed by atoms with van der Waals surface area (Å²) in [5.74, 6) is 0.282. The van der Waals surface area contributed by atoms with Crippen molar-refractivity contribution in [2.75, 3.05) is 39.8 Å². The maximum atomic E-state index is 13.9. The topological polar surface area (TPSA) is 102 Å². The standard InChI is InChI=1S/C34H40N4O5/c1-36-18-20-37(21-19-36)34(41)32(26-9-5-4-6-10-26)38-24-28-13-12-27(23-30(28)33(38)40)25-14-16-29(17-15-25)43-22-8-3-2-7-11-31(39)35-42/h4-6,9-10,12-17,23,32,42H,2-3,7-8,11,18-22,24H2,1H3,(H,35,39). The minimum atomic E-state index is -0.663. The number of hydroxylamine groups is 1. The Morgan fingerprint density at radius 2 is 1.58 bits per heavy atom. The lowest BCUT2D eigenvalue weighted by Gasteiger charge is -2.37. The average molecular weight is 585 g/mol. The Labute approximate surface area is 253 Å². The first-order valence-corrected chi connectivity index (χ1v) is 15.1. The maximum Gasteiger partial charge on any atom is 0.255 e. The number of carbonyl (C=O) groups is 3. The Bertz CT molecular complexity index is 1400. The van der Waals surface area contributed by atoms with Crippen molar-refractivity contribution in [3.8, 4) is 16.9 Å². The monoisotopic (exact) mass is 584 g/mol. The molecule has 0 radical (unpaired) electrons. The molecule has 3 aromatic rings. The fourth-order valence-electron chi connectivity index (χ4n) is 5.73. The lowest BCUT2D eigenvalue weighted by atomic mass is 10.0. The second-order valence-electron chi connectivity index (χ2n) is 11.3. The van der Waals surface area contributed by atoms with E-state index in [0.29, 0.717) is 38.2 Å². The third kappa shape index (κ3) is 7.42. The number of fused-ring (bicyclic) bond motifs is 1. The predicted molar refractivity (Wildman–Crippen MR) is 164 cm³/mol. The van der Waals surface area contributed by atoms with E-state index in [-0.39, 0.29) is 17.7 Å². The van der Waals surface area contributed by atoms with Gasteiger partial charge in [0.25, 0.3) is 5.91 Å². The van der Waals surface area contributed by atoms with Gasteiger partial charge in [-0.15, -0.1) is 0 Å². The second kappa shape index (κ2) is 14.3. The number of piperazine rings is 1. The van der Waals surface area contributed by atoms with E-state index in [9.17, 15) is 14.4 Å². The molecule has 1 unspecified atom stereocenters. The van der Waals surface area contributed by atoms with E-state index in [0.717, 1.165) is 66.8 Å². The third-order valence-electron chi connectivity index (χ3n) is 8.30. The van der Waals surface area contributed by atoms with Crippen LogP contribution < -0.4 is 10.2 Å². The van der Waals surface area contributed by atoms with Crippen molar-refractivity contribution in [2.45, 2.75) is 44.7 Å². The smallest absolute Gasteiger partial charge is 0.255 e. The summed E-state index contributed by atoms with van der Waals surface area (Å²) in [4.78, 5) is 44.6. The first-order valence-electron chi connectivity index (χ1n) is 15.1. The molecular weight excluding hydrogens is 544 g/mol. The molecular formula is C34H40N4O5. The van der Waals surface area contributed by atoms with Crippen molar-refractivity contribution >= 4 is 17.7 Å². The molecule has 2 aliphatic rings. The molecule has 226 valence electrons. The van der Waals surface area contributed by atoms with Crippen LogP contribution in [0.1, 0.15) is 59.6 Å². The van der Waals surface area contributed by atoms with Crippen molar-refractivity contribution in [3.05, 3.63) is 89.5 Å². The van der Waals surface area contributed by atoms with Crippen LogP contribution in [0.2, 0.25) is 0 Å². The summed E-state index contributed by atoms with van der Waals surface area (Å²) in [5.41, 5.74) is 5.97. The van der Waals surface area contributed by atoms with Crippen molar-refractivity contribution in [1.82, 2.24) is 20.2 Å². The lowest BCUT2D eigenvalue weighted by Crippen LogP contribution is -2.51. The average Bonchev–Trinajstić information content (AvgIpc) is 3.36. The summed E-state index contributed by atoms with van der Waals surface area (Å²) >= 11 is 0. The quantitative estimate of drug-likeness (QED) is 0.182. The Hall–Kier alpha value is -4.21. The summed E-state index contributed by atoms with van der Waals surface area (Å²) in [6, 6.07) is 22.8. The molecule has 2 aliphatic heterocycles. The lowest BCUT2D eigenvalue weighted by molar-refractivity contribution is -0.138. The highest BCUT2D eigenvalue weighted by Gasteiger charge is 2.39. The fourth-order valence-corrected chi connectivity index (χ4v) is 5.73. The largest absolute Gasteiger partial charge is 0.494 e. The molecule has 0 aliphatic carbocycles. The van der Waals surface area contributed by atoms with Gasteiger partial charge in [-0.3, -0.25) is 19.6 Å². The highest BCUT2D eigenvalue weighted by Crippen LogP contribution is 2.35. The van der Waals surface area contributed by atoms with Crippen LogP contribution in [0, 0.1) is 0 Å². The van der Waals surface area contributed by atoms with Gasteiger partial charge in [0, 0.05) is 44.7 Å². The van der Waals surface area contributed by atoms with E-state index in [4.69, 9.17) is 9.94 Å². The molecule has 3 aromatic carbocycles. The van der Waals surface area contributed by atoms with Crippen LogP contribution in [0.4, 0.5) is 0 Å². The molecule has 43 heavy (non-hydrogen) atoms. The van der Waals surface area contributed by atoms with Gasteiger partial charge in [-0.25, -0.2) is 5.48 Å². The number of likely N-dealkylation sites (N-methyl/N-ethyl adjacent to an activating group) is 1. The number of hydrogen-bond acceptors (Lipinski definition) is 6. The van der Waals surface area contributed by atoms with Gasteiger partial charge in [-0.05, 0) is 60.3 Å². The first-order chi connectivity index (χ1) is 20.9.